The fourth-order valence-electron chi connectivity index (χ4n) is 1.59. The highest BCUT2D eigenvalue weighted by molar-refractivity contribution is 5.78. The summed E-state index contributed by atoms with van der Waals surface area (Å²) in [6.45, 7) is 5.39. The van der Waals surface area contributed by atoms with E-state index in [0.29, 0.717) is 5.78 Å². The van der Waals surface area contributed by atoms with E-state index in [1.807, 2.05) is 0 Å². The fraction of sp³-hybridized carbons (Fsp3) is 0.889. The smallest absolute Gasteiger partial charge is 0.134 e. The predicted octanol–water partition coefficient (Wildman–Crippen LogP) is 0.544. The normalized spacial score (nSPS) is 24.7. The molecule has 0 bridgehead atoms. The molecule has 1 aliphatic rings. The standard InChI is InChI=1S/C9H17NO2/c1-8(11)9-3-4-10(7-9)5-6-12-2/h9H,3-7H2,1-2H3. The van der Waals surface area contributed by atoms with Gasteiger partial charge >= 0.3 is 0 Å². The summed E-state index contributed by atoms with van der Waals surface area (Å²) < 4.78 is 4.97. The molecule has 1 saturated heterocycles. The van der Waals surface area contributed by atoms with Crippen molar-refractivity contribution in [2.75, 3.05) is 33.4 Å². The van der Waals surface area contributed by atoms with Gasteiger partial charge in [-0.3, -0.25) is 4.79 Å². The van der Waals surface area contributed by atoms with Crippen LogP contribution in [0.3, 0.4) is 0 Å². The van der Waals surface area contributed by atoms with Gasteiger partial charge in [-0.15, -0.1) is 0 Å². The number of likely N-dealkylation sites (tertiary alicyclic amines) is 1. The second kappa shape index (κ2) is 4.58. The number of rotatable bonds is 4. The van der Waals surface area contributed by atoms with E-state index < -0.39 is 0 Å². The minimum atomic E-state index is 0.279. The first kappa shape index (κ1) is 9.68. The van der Waals surface area contributed by atoms with E-state index >= 15 is 0 Å². The van der Waals surface area contributed by atoms with E-state index in [1.54, 1.807) is 14.0 Å². The Labute approximate surface area is 73.7 Å². The van der Waals surface area contributed by atoms with Crippen LogP contribution in [0.5, 0.6) is 0 Å². The largest absolute Gasteiger partial charge is 0.383 e. The van der Waals surface area contributed by atoms with Crippen LogP contribution in [0.4, 0.5) is 0 Å². The van der Waals surface area contributed by atoms with Gasteiger partial charge in [0.1, 0.15) is 5.78 Å². The first-order valence-electron chi connectivity index (χ1n) is 4.45. The van der Waals surface area contributed by atoms with Crippen LogP contribution in [-0.4, -0.2) is 44.0 Å². The number of ketones is 1. The number of nitrogens with zero attached hydrogens (tertiary/aromatic N) is 1. The van der Waals surface area contributed by atoms with Gasteiger partial charge in [0, 0.05) is 26.1 Å². The molecular weight excluding hydrogens is 154 g/mol. The van der Waals surface area contributed by atoms with Crippen molar-refractivity contribution in [3.8, 4) is 0 Å². The highest BCUT2D eigenvalue weighted by Gasteiger charge is 2.24. The summed E-state index contributed by atoms with van der Waals surface area (Å²) in [5, 5.41) is 0. The van der Waals surface area contributed by atoms with E-state index in [4.69, 9.17) is 4.74 Å². The van der Waals surface area contributed by atoms with Crippen molar-refractivity contribution in [2.24, 2.45) is 5.92 Å². The number of ether oxygens (including phenoxy) is 1. The Balaban J connectivity index is 2.21. The van der Waals surface area contributed by atoms with Gasteiger partial charge in [0.25, 0.3) is 0 Å². The van der Waals surface area contributed by atoms with E-state index in [0.717, 1.165) is 32.7 Å². The quantitative estimate of drug-likeness (QED) is 0.618. The molecule has 0 N–H and O–H groups in total. The predicted molar refractivity (Wildman–Crippen MR) is 47.1 cm³/mol. The lowest BCUT2D eigenvalue weighted by Crippen LogP contribution is -2.26. The summed E-state index contributed by atoms with van der Waals surface area (Å²) in [7, 11) is 1.71. The van der Waals surface area contributed by atoms with Crippen LogP contribution in [0, 0.1) is 5.92 Å². The monoisotopic (exact) mass is 171 g/mol. The molecule has 0 aliphatic carbocycles. The maximum Gasteiger partial charge on any atom is 0.134 e. The van der Waals surface area contributed by atoms with Crippen molar-refractivity contribution < 1.29 is 9.53 Å². The van der Waals surface area contributed by atoms with Crippen LogP contribution in [0.2, 0.25) is 0 Å². The third-order valence-corrected chi connectivity index (χ3v) is 2.46. The molecular formula is C9H17NO2. The second-order valence-corrected chi connectivity index (χ2v) is 3.39. The summed E-state index contributed by atoms with van der Waals surface area (Å²) in [5.41, 5.74) is 0. The molecule has 3 nitrogen and oxygen atoms in total. The topological polar surface area (TPSA) is 29.5 Å². The summed E-state index contributed by atoms with van der Waals surface area (Å²) in [6.07, 6.45) is 1.03. The van der Waals surface area contributed by atoms with Gasteiger partial charge < -0.3 is 9.64 Å². The lowest BCUT2D eigenvalue weighted by Gasteiger charge is -2.13. The van der Waals surface area contributed by atoms with Crippen molar-refractivity contribution in [1.29, 1.82) is 0 Å². The third-order valence-electron chi connectivity index (χ3n) is 2.46. The molecule has 1 unspecified atom stereocenters. The molecule has 0 saturated carbocycles. The molecule has 0 spiro atoms. The summed E-state index contributed by atoms with van der Waals surface area (Å²) in [6, 6.07) is 0. The Hall–Kier alpha value is -0.410. The molecule has 0 aromatic carbocycles. The molecule has 12 heavy (non-hydrogen) atoms. The lowest BCUT2D eigenvalue weighted by molar-refractivity contribution is -0.120. The molecule has 70 valence electrons. The van der Waals surface area contributed by atoms with Crippen molar-refractivity contribution >= 4 is 5.78 Å². The van der Waals surface area contributed by atoms with Gasteiger partial charge in [0.2, 0.25) is 0 Å². The highest BCUT2D eigenvalue weighted by atomic mass is 16.5. The zero-order valence-electron chi connectivity index (χ0n) is 7.88. The van der Waals surface area contributed by atoms with Crippen molar-refractivity contribution in [3.05, 3.63) is 0 Å². The van der Waals surface area contributed by atoms with Crippen molar-refractivity contribution in [3.63, 3.8) is 0 Å². The SMILES string of the molecule is COCCN1CCC(C(C)=O)C1. The second-order valence-electron chi connectivity index (χ2n) is 3.39. The van der Waals surface area contributed by atoms with Crippen LogP contribution in [0.1, 0.15) is 13.3 Å². The number of Topliss-reactive ketones (excluding diaryl/α,β-unsaturated/α-hetero) is 1. The molecule has 0 aromatic heterocycles. The number of carbonyl (C=O) groups excluding carboxylic acids is 1. The number of hydrogen-bond acceptors (Lipinski definition) is 3. The first-order chi connectivity index (χ1) is 5.74. The molecule has 1 fully saturated rings. The van der Waals surface area contributed by atoms with Gasteiger partial charge in [-0.25, -0.2) is 0 Å². The molecule has 1 atom stereocenters. The van der Waals surface area contributed by atoms with E-state index in [2.05, 4.69) is 4.90 Å². The Kier molecular flexibility index (Phi) is 3.69. The first-order valence-corrected chi connectivity index (χ1v) is 4.45. The molecule has 1 rings (SSSR count). The minimum Gasteiger partial charge on any atom is -0.383 e. The summed E-state index contributed by atoms with van der Waals surface area (Å²) in [5.74, 6) is 0.608. The zero-order chi connectivity index (χ0) is 8.97. The Morgan fingerprint density at radius 3 is 2.92 bits per heavy atom. The third kappa shape index (κ3) is 2.57. The fourth-order valence-corrected chi connectivity index (χ4v) is 1.59. The Morgan fingerprint density at radius 1 is 1.67 bits per heavy atom. The molecule has 0 radical (unpaired) electrons. The molecule has 1 aliphatic heterocycles. The highest BCUT2D eigenvalue weighted by Crippen LogP contribution is 2.16. The van der Waals surface area contributed by atoms with Crippen LogP contribution >= 0.6 is 0 Å². The van der Waals surface area contributed by atoms with Crippen LogP contribution in [0.15, 0.2) is 0 Å². The number of carbonyl (C=O) groups is 1. The van der Waals surface area contributed by atoms with Crippen LogP contribution in [-0.2, 0) is 9.53 Å². The molecule has 0 amide bonds. The number of hydrogen-bond donors (Lipinski definition) is 0. The lowest BCUT2D eigenvalue weighted by atomic mass is 10.1. The van der Waals surface area contributed by atoms with E-state index in [-0.39, 0.29) is 5.92 Å². The zero-order valence-corrected chi connectivity index (χ0v) is 7.88. The van der Waals surface area contributed by atoms with Gasteiger partial charge in [-0.2, -0.15) is 0 Å². The van der Waals surface area contributed by atoms with Gasteiger partial charge in [-0.05, 0) is 19.9 Å². The summed E-state index contributed by atoms with van der Waals surface area (Å²) >= 11 is 0. The van der Waals surface area contributed by atoms with Crippen LogP contribution in [0.25, 0.3) is 0 Å². The van der Waals surface area contributed by atoms with Crippen LogP contribution < -0.4 is 0 Å². The number of methoxy groups -OCH3 is 1. The molecule has 0 aromatic rings. The molecule has 1 heterocycles. The Morgan fingerprint density at radius 2 is 2.42 bits per heavy atom. The Bertz CT molecular complexity index is 159. The molecule has 3 heteroatoms. The van der Waals surface area contributed by atoms with Crippen molar-refractivity contribution in [2.45, 2.75) is 13.3 Å². The maximum atomic E-state index is 11.0. The average Bonchev–Trinajstić information content (AvgIpc) is 2.48. The summed E-state index contributed by atoms with van der Waals surface area (Å²) in [4.78, 5) is 13.3. The average molecular weight is 171 g/mol. The van der Waals surface area contributed by atoms with E-state index in [9.17, 15) is 4.79 Å². The maximum absolute atomic E-state index is 11.0. The van der Waals surface area contributed by atoms with Gasteiger partial charge in [0.05, 0.1) is 6.61 Å². The van der Waals surface area contributed by atoms with E-state index in [1.165, 1.54) is 0 Å². The van der Waals surface area contributed by atoms with Gasteiger partial charge in [0.15, 0.2) is 0 Å². The van der Waals surface area contributed by atoms with Gasteiger partial charge in [-0.1, -0.05) is 0 Å². The van der Waals surface area contributed by atoms with Crippen molar-refractivity contribution in [1.82, 2.24) is 4.90 Å². The minimum absolute atomic E-state index is 0.279.